The van der Waals surface area contributed by atoms with Crippen molar-refractivity contribution in [2.45, 2.75) is 23.9 Å². The smallest absolute Gasteiger partial charge is 0.141 e. The fraction of sp³-hybridized carbons (Fsp3) is 0.182. The van der Waals surface area contributed by atoms with Crippen LogP contribution < -0.4 is 0 Å². The summed E-state index contributed by atoms with van der Waals surface area (Å²) in [5.74, 6) is 0. The third kappa shape index (κ3) is 1.55. The van der Waals surface area contributed by atoms with Gasteiger partial charge in [0.25, 0.3) is 0 Å². The first-order chi connectivity index (χ1) is 11.3. The Morgan fingerprint density at radius 2 is 1.00 bits per heavy atom. The minimum Gasteiger partial charge on any atom is -0.376 e. The third-order valence-electron chi connectivity index (χ3n) is 5.61. The van der Waals surface area contributed by atoms with Crippen LogP contribution in [-0.2, 0) is 11.0 Å². The zero-order chi connectivity index (χ0) is 15.5. The van der Waals surface area contributed by atoms with Crippen LogP contribution in [0.1, 0.15) is 40.7 Å². The van der Waals surface area contributed by atoms with E-state index in [0.29, 0.717) is 0 Å². The van der Waals surface area contributed by atoms with Crippen LogP contribution in [0.5, 0.6) is 0 Å². The fourth-order valence-electron chi connectivity index (χ4n) is 4.38. The van der Waals surface area contributed by atoms with Gasteiger partial charge in [-0.3, -0.25) is 0 Å². The second-order valence-corrected chi connectivity index (χ2v) is 6.75. The van der Waals surface area contributed by atoms with E-state index in [-0.39, 0.29) is 5.41 Å². The molecule has 1 fully saturated rings. The molecule has 3 aromatic rings. The summed E-state index contributed by atoms with van der Waals surface area (Å²) in [4.78, 5) is 0. The summed E-state index contributed by atoms with van der Waals surface area (Å²) in [6.45, 7) is 0. The topological polar surface area (TPSA) is 20.2 Å². The molecular weight excluding hydrogens is 280 g/mol. The molecule has 23 heavy (non-hydrogen) atoms. The average Bonchev–Trinajstić information content (AvgIpc) is 3.43. The van der Waals surface area contributed by atoms with Crippen molar-refractivity contribution in [3.8, 4) is 0 Å². The Labute approximate surface area is 136 Å². The molecule has 2 aliphatic rings. The lowest BCUT2D eigenvalue weighted by Crippen LogP contribution is -2.38. The first-order valence-electron chi connectivity index (χ1n) is 8.25. The first kappa shape index (κ1) is 13.1. The fourth-order valence-corrected chi connectivity index (χ4v) is 4.38. The normalized spacial score (nSPS) is 19.0. The molecule has 0 heterocycles. The van der Waals surface area contributed by atoms with Crippen LogP contribution in [0.3, 0.4) is 0 Å². The molecule has 0 saturated heterocycles. The molecule has 1 nitrogen and oxygen atoms in total. The van der Waals surface area contributed by atoms with Crippen molar-refractivity contribution in [2.75, 3.05) is 0 Å². The lowest BCUT2D eigenvalue weighted by Gasteiger charge is -2.41. The highest BCUT2D eigenvalue weighted by molar-refractivity contribution is 5.64. The predicted octanol–water partition coefficient (Wildman–Crippen LogP) is 4.36. The van der Waals surface area contributed by atoms with Gasteiger partial charge >= 0.3 is 0 Å². The molecule has 5 rings (SSSR count). The second-order valence-electron chi connectivity index (χ2n) is 6.75. The Balaban J connectivity index is 1.90. The Hall–Kier alpha value is -2.38. The summed E-state index contributed by atoms with van der Waals surface area (Å²) in [5.41, 5.74) is 4.67. The minimum absolute atomic E-state index is 0.119. The lowest BCUT2D eigenvalue weighted by atomic mass is 9.66. The molecule has 0 radical (unpaired) electrons. The van der Waals surface area contributed by atoms with Gasteiger partial charge in [-0.2, -0.15) is 0 Å². The highest BCUT2D eigenvalue weighted by Crippen LogP contribution is 2.62. The Morgan fingerprint density at radius 3 is 1.48 bits per heavy atom. The van der Waals surface area contributed by atoms with E-state index in [2.05, 4.69) is 36.4 Å². The predicted molar refractivity (Wildman–Crippen MR) is 91.4 cm³/mol. The van der Waals surface area contributed by atoms with Crippen LogP contribution in [0, 0.1) is 0 Å². The van der Waals surface area contributed by atoms with Crippen molar-refractivity contribution in [1.29, 1.82) is 0 Å². The number of hydrogen-bond acceptors (Lipinski definition) is 1. The quantitative estimate of drug-likeness (QED) is 0.707. The van der Waals surface area contributed by atoms with E-state index in [1.807, 2.05) is 42.5 Å². The van der Waals surface area contributed by atoms with Gasteiger partial charge in [0, 0.05) is 5.41 Å². The molecule has 3 aromatic carbocycles. The average molecular weight is 298 g/mol. The molecule has 0 aliphatic heterocycles. The molecule has 2 aliphatic carbocycles. The molecule has 1 spiro atoms. The van der Waals surface area contributed by atoms with Crippen molar-refractivity contribution >= 4 is 0 Å². The molecule has 1 saturated carbocycles. The van der Waals surface area contributed by atoms with Gasteiger partial charge in [-0.25, -0.2) is 0 Å². The molecule has 1 heteroatoms. The van der Waals surface area contributed by atoms with Crippen LogP contribution >= 0.6 is 0 Å². The van der Waals surface area contributed by atoms with Crippen molar-refractivity contribution in [3.63, 3.8) is 0 Å². The van der Waals surface area contributed by atoms with E-state index in [1.165, 1.54) is 24.0 Å². The van der Waals surface area contributed by atoms with Crippen LogP contribution in [0.15, 0.2) is 78.9 Å². The van der Waals surface area contributed by atoms with Gasteiger partial charge in [-0.05, 0) is 40.7 Å². The van der Waals surface area contributed by atoms with Crippen molar-refractivity contribution in [1.82, 2.24) is 0 Å². The zero-order valence-electron chi connectivity index (χ0n) is 12.9. The summed E-state index contributed by atoms with van der Waals surface area (Å²) < 4.78 is 0. The molecular formula is C22H18O. The van der Waals surface area contributed by atoms with Crippen LogP contribution in [-0.4, -0.2) is 5.11 Å². The maximum Gasteiger partial charge on any atom is 0.141 e. The lowest BCUT2D eigenvalue weighted by molar-refractivity contribution is 0.119. The van der Waals surface area contributed by atoms with E-state index in [1.54, 1.807) is 0 Å². The molecule has 0 amide bonds. The van der Waals surface area contributed by atoms with Crippen molar-refractivity contribution in [3.05, 3.63) is 107 Å². The summed E-state index contributed by atoms with van der Waals surface area (Å²) in [6.07, 6.45) is 2.35. The Morgan fingerprint density at radius 1 is 0.565 bits per heavy atom. The highest BCUT2D eigenvalue weighted by atomic mass is 16.3. The van der Waals surface area contributed by atoms with Gasteiger partial charge in [-0.15, -0.1) is 0 Å². The maximum atomic E-state index is 11.9. The van der Waals surface area contributed by atoms with Crippen LogP contribution in [0.2, 0.25) is 0 Å². The van der Waals surface area contributed by atoms with Gasteiger partial charge in [0.2, 0.25) is 0 Å². The Bertz CT molecular complexity index is 841. The summed E-state index contributed by atoms with van der Waals surface area (Å²) in [5, 5.41) is 11.9. The summed E-state index contributed by atoms with van der Waals surface area (Å²) >= 11 is 0. The van der Waals surface area contributed by atoms with Crippen molar-refractivity contribution in [2.24, 2.45) is 0 Å². The largest absolute Gasteiger partial charge is 0.376 e. The summed E-state index contributed by atoms with van der Waals surface area (Å²) in [6, 6.07) is 26.9. The van der Waals surface area contributed by atoms with Gasteiger partial charge in [-0.1, -0.05) is 78.9 Å². The monoisotopic (exact) mass is 298 g/mol. The van der Waals surface area contributed by atoms with Gasteiger partial charge in [0.15, 0.2) is 0 Å². The van der Waals surface area contributed by atoms with E-state index >= 15 is 0 Å². The number of aliphatic hydroxyl groups is 1. The molecule has 0 atom stereocenters. The minimum atomic E-state index is -1.07. The maximum absolute atomic E-state index is 11.9. The molecule has 0 bridgehead atoms. The van der Waals surface area contributed by atoms with Crippen LogP contribution in [0.25, 0.3) is 0 Å². The van der Waals surface area contributed by atoms with Gasteiger partial charge in [0.05, 0.1) is 0 Å². The molecule has 0 unspecified atom stereocenters. The van der Waals surface area contributed by atoms with E-state index in [4.69, 9.17) is 0 Å². The SMILES string of the molecule is OC1(c2ccccc2)c2ccccc2C2(CC2)c2ccccc21. The molecule has 1 N–H and O–H groups in total. The van der Waals surface area contributed by atoms with E-state index in [0.717, 1.165) is 16.7 Å². The standard InChI is InChI=1S/C22H18O/c23-22(16-8-2-1-3-9-16)19-12-6-4-10-17(19)21(14-15-21)18-11-5-7-13-20(18)22/h1-13,23H,14-15H2. The van der Waals surface area contributed by atoms with Crippen LogP contribution in [0.4, 0.5) is 0 Å². The third-order valence-corrected chi connectivity index (χ3v) is 5.61. The number of hydrogen-bond donors (Lipinski definition) is 1. The first-order valence-corrected chi connectivity index (χ1v) is 8.25. The number of benzene rings is 3. The second kappa shape index (κ2) is 4.33. The number of fused-ring (bicyclic) bond motifs is 4. The molecule has 0 aromatic heterocycles. The van der Waals surface area contributed by atoms with E-state index < -0.39 is 5.60 Å². The number of rotatable bonds is 1. The molecule has 112 valence electrons. The van der Waals surface area contributed by atoms with Gasteiger partial charge in [0.1, 0.15) is 5.60 Å². The van der Waals surface area contributed by atoms with Crippen molar-refractivity contribution < 1.29 is 5.11 Å². The summed E-state index contributed by atoms with van der Waals surface area (Å²) in [7, 11) is 0. The zero-order valence-corrected chi connectivity index (χ0v) is 12.9. The highest BCUT2D eigenvalue weighted by Gasteiger charge is 2.56. The Kier molecular flexibility index (Phi) is 2.47. The van der Waals surface area contributed by atoms with E-state index in [9.17, 15) is 5.11 Å². The van der Waals surface area contributed by atoms with Gasteiger partial charge < -0.3 is 5.11 Å².